The number of rotatable bonds is 6. The Balaban J connectivity index is 2.14. The highest BCUT2D eigenvalue weighted by Gasteiger charge is 2.16. The third-order valence-corrected chi connectivity index (χ3v) is 4.06. The second-order valence-electron chi connectivity index (χ2n) is 4.48. The second kappa shape index (κ2) is 7.03. The van der Waals surface area contributed by atoms with E-state index in [1.807, 2.05) is 12.1 Å². The van der Waals surface area contributed by atoms with Crippen molar-refractivity contribution in [1.29, 1.82) is 0 Å². The van der Waals surface area contributed by atoms with Crippen LogP contribution in [0.3, 0.4) is 0 Å². The molecule has 0 fully saturated rings. The number of thioether (sulfide) groups is 1. The number of benzene rings is 1. The summed E-state index contributed by atoms with van der Waals surface area (Å²) >= 11 is 1.70. The molecule has 0 saturated carbocycles. The normalized spacial score (nSPS) is 15.3. The fraction of sp³-hybridized carbons (Fsp3) is 0.571. The molecular formula is C14H21NO3S. The van der Waals surface area contributed by atoms with Gasteiger partial charge in [0.25, 0.3) is 0 Å². The fourth-order valence-corrected chi connectivity index (χ4v) is 2.65. The Morgan fingerprint density at radius 1 is 1.32 bits per heavy atom. The van der Waals surface area contributed by atoms with E-state index in [1.54, 1.807) is 11.8 Å². The molecule has 0 radical (unpaired) electrons. The molecule has 0 amide bonds. The van der Waals surface area contributed by atoms with Crippen molar-refractivity contribution in [2.24, 2.45) is 0 Å². The van der Waals surface area contributed by atoms with E-state index in [0.29, 0.717) is 13.2 Å². The lowest BCUT2D eigenvalue weighted by molar-refractivity contribution is 0.170. The Morgan fingerprint density at radius 3 is 2.58 bits per heavy atom. The van der Waals surface area contributed by atoms with Gasteiger partial charge in [0.15, 0.2) is 11.5 Å². The van der Waals surface area contributed by atoms with E-state index in [1.165, 1.54) is 10.5 Å². The maximum Gasteiger partial charge on any atom is 0.162 e. The van der Waals surface area contributed by atoms with E-state index in [0.717, 1.165) is 24.5 Å². The Morgan fingerprint density at radius 2 is 2.00 bits per heavy atom. The van der Waals surface area contributed by atoms with Gasteiger partial charge >= 0.3 is 0 Å². The molecule has 5 heteroatoms. The molecule has 1 aliphatic heterocycles. The van der Waals surface area contributed by atoms with Crippen LogP contribution in [0.25, 0.3) is 0 Å². The van der Waals surface area contributed by atoms with Gasteiger partial charge in [0.05, 0.1) is 6.61 Å². The second-order valence-corrected chi connectivity index (χ2v) is 5.32. The SMILES string of the molecule is CC[C@H](CO)NCc1cc2c(cc1SC)OCCO2. The summed E-state index contributed by atoms with van der Waals surface area (Å²) in [4.78, 5) is 1.18. The van der Waals surface area contributed by atoms with E-state index >= 15 is 0 Å². The van der Waals surface area contributed by atoms with Crippen LogP contribution in [-0.4, -0.2) is 37.2 Å². The van der Waals surface area contributed by atoms with Crippen LogP contribution in [0.4, 0.5) is 0 Å². The molecule has 0 unspecified atom stereocenters. The number of aliphatic hydroxyl groups is 1. The maximum atomic E-state index is 9.21. The summed E-state index contributed by atoms with van der Waals surface area (Å²) in [6.45, 7) is 4.17. The molecular weight excluding hydrogens is 262 g/mol. The molecule has 1 aromatic carbocycles. The highest BCUT2D eigenvalue weighted by Crippen LogP contribution is 2.36. The largest absolute Gasteiger partial charge is 0.486 e. The molecule has 0 aromatic heterocycles. The molecule has 106 valence electrons. The summed E-state index contributed by atoms with van der Waals surface area (Å²) in [5.74, 6) is 1.64. The lowest BCUT2D eigenvalue weighted by Crippen LogP contribution is -2.31. The molecule has 0 aliphatic carbocycles. The summed E-state index contributed by atoms with van der Waals surface area (Å²) in [7, 11) is 0. The number of aliphatic hydroxyl groups excluding tert-OH is 1. The Labute approximate surface area is 118 Å². The minimum absolute atomic E-state index is 0.142. The molecule has 1 heterocycles. The summed E-state index contributed by atoms with van der Waals surface area (Å²) in [5, 5.41) is 12.6. The summed E-state index contributed by atoms with van der Waals surface area (Å²) in [5.41, 5.74) is 1.18. The van der Waals surface area contributed by atoms with Crippen LogP contribution in [0.2, 0.25) is 0 Å². The molecule has 1 aliphatic rings. The van der Waals surface area contributed by atoms with E-state index in [2.05, 4.69) is 18.5 Å². The van der Waals surface area contributed by atoms with Crippen LogP contribution in [0.15, 0.2) is 17.0 Å². The first kappa shape index (κ1) is 14.5. The molecule has 1 atom stereocenters. The van der Waals surface area contributed by atoms with Gasteiger partial charge in [-0.3, -0.25) is 0 Å². The van der Waals surface area contributed by atoms with Crippen molar-refractivity contribution in [1.82, 2.24) is 5.32 Å². The average molecular weight is 283 g/mol. The standard InChI is InChI=1S/C14H21NO3S/c1-3-11(9-16)15-8-10-6-12-13(7-14(10)19-2)18-5-4-17-12/h6-7,11,15-16H,3-5,8-9H2,1-2H3/t11-/m1/s1. The number of fused-ring (bicyclic) bond motifs is 1. The first-order valence-corrected chi connectivity index (χ1v) is 7.81. The zero-order valence-corrected chi connectivity index (χ0v) is 12.3. The van der Waals surface area contributed by atoms with Gasteiger partial charge in [0.2, 0.25) is 0 Å². The monoisotopic (exact) mass is 283 g/mol. The van der Waals surface area contributed by atoms with Gasteiger partial charge in [-0.25, -0.2) is 0 Å². The van der Waals surface area contributed by atoms with Gasteiger partial charge in [-0.1, -0.05) is 6.92 Å². The quantitative estimate of drug-likeness (QED) is 0.783. The molecule has 0 spiro atoms. The minimum Gasteiger partial charge on any atom is -0.486 e. The summed E-state index contributed by atoms with van der Waals surface area (Å²) in [6.07, 6.45) is 2.97. The lowest BCUT2D eigenvalue weighted by Gasteiger charge is -2.21. The highest BCUT2D eigenvalue weighted by molar-refractivity contribution is 7.98. The Hall–Kier alpha value is -0.910. The molecule has 4 nitrogen and oxygen atoms in total. The van der Waals surface area contributed by atoms with E-state index in [-0.39, 0.29) is 12.6 Å². The zero-order chi connectivity index (χ0) is 13.7. The molecule has 2 N–H and O–H groups in total. The number of ether oxygens (including phenoxy) is 2. The van der Waals surface area contributed by atoms with Crippen molar-refractivity contribution in [3.8, 4) is 11.5 Å². The average Bonchev–Trinajstić information content (AvgIpc) is 2.47. The number of hydrogen-bond acceptors (Lipinski definition) is 5. The van der Waals surface area contributed by atoms with Crippen molar-refractivity contribution in [2.75, 3.05) is 26.1 Å². The third-order valence-electron chi connectivity index (χ3n) is 3.24. The molecule has 0 bridgehead atoms. The van der Waals surface area contributed by atoms with E-state index < -0.39 is 0 Å². The van der Waals surface area contributed by atoms with E-state index in [4.69, 9.17) is 9.47 Å². The summed E-state index contributed by atoms with van der Waals surface area (Å²) in [6, 6.07) is 4.22. The third kappa shape index (κ3) is 3.55. The topological polar surface area (TPSA) is 50.7 Å². The Kier molecular flexibility index (Phi) is 5.36. The molecule has 0 saturated heterocycles. The van der Waals surface area contributed by atoms with E-state index in [9.17, 15) is 5.11 Å². The highest BCUT2D eigenvalue weighted by atomic mass is 32.2. The van der Waals surface area contributed by atoms with Gasteiger partial charge in [-0.05, 0) is 30.4 Å². The van der Waals surface area contributed by atoms with Crippen molar-refractivity contribution in [3.63, 3.8) is 0 Å². The van der Waals surface area contributed by atoms with Crippen LogP contribution in [0.1, 0.15) is 18.9 Å². The minimum atomic E-state index is 0.142. The van der Waals surface area contributed by atoms with Crippen LogP contribution >= 0.6 is 11.8 Å². The van der Waals surface area contributed by atoms with Crippen LogP contribution in [-0.2, 0) is 6.54 Å². The lowest BCUT2D eigenvalue weighted by atomic mass is 10.1. The fourth-order valence-electron chi connectivity index (χ4n) is 2.03. The molecule has 19 heavy (non-hydrogen) atoms. The van der Waals surface area contributed by atoms with Crippen molar-refractivity contribution >= 4 is 11.8 Å². The van der Waals surface area contributed by atoms with Crippen LogP contribution in [0.5, 0.6) is 11.5 Å². The van der Waals surface area contributed by atoms with Crippen molar-refractivity contribution < 1.29 is 14.6 Å². The van der Waals surface area contributed by atoms with Crippen LogP contribution < -0.4 is 14.8 Å². The molecule has 1 aromatic rings. The van der Waals surface area contributed by atoms with Crippen molar-refractivity contribution in [3.05, 3.63) is 17.7 Å². The maximum absolute atomic E-state index is 9.21. The predicted octanol–water partition coefficient (Wildman–Crippen LogP) is 2.04. The van der Waals surface area contributed by atoms with Gasteiger partial charge in [-0.15, -0.1) is 11.8 Å². The smallest absolute Gasteiger partial charge is 0.162 e. The predicted molar refractivity (Wildman–Crippen MR) is 77.2 cm³/mol. The van der Waals surface area contributed by atoms with Crippen molar-refractivity contribution in [2.45, 2.75) is 30.8 Å². The van der Waals surface area contributed by atoms with Gasteiger partial charge in [0, 0.05) is 17.5 Å². The first-order chi connectivity index (χ1) is 9.28. The Bertz CT molecular complexity index is 421. The van der Waals surface area contributed by atoms with Gasteiger partial charge < -0.3 is 19.9 Å². The van der Waals surface area contributed by atoms with Gasteiger partial charge in [-0.2, -0.15) is 0 Å². The summed E-state index contributed by atoms with van der Waals surface area (Å²) < 4.78 is 11.2. The first-order valence-electron chi connectivity index (χ1n) is 6.59. The van der Waals surface area contributed by atoms with Crippen LogP contribution in [0, 0.1) is 0 Å². The number of nitrogens with one attached hydrogen (secondary N) is 1. The molecule has 2 rings (SSSR count). The zero-order valence-electron chi connectivity index (χ0n) is 11.4. The van der Waals surface area contributed by atoms with Gasteiger partial charge in [0.1, 0.15) is 13.2 Å². The number of hydrogen-bond donors (Lipinski definition) is 2.